The van der Waals surface area contributed by atoms with E-state index in [0.29, 0.717) is 17.0 Å². The standard InChI is InChI=1S/C28H26N4O10S/c1-14(33)42-12-16-13-43-27-22(26(36)31(27)24(16)28(37)38)29-21(34)11-20-23(15-3-5-18(6-4-15)32(39)40)30(25(20)35)17-7-9-19(41-2)10-8-17/h3-10,20,22-23,27H,11-13H2,1-2H3,(H,29,34)(H,37,38)/t20?,22-,23?,27-/m1/s1. The molecule has 43 heavy (non-hydrogen) atoms. The highest BCUT2D eigenvalue weighted by atomic mass is 32.2. The van der Waals surface area contributed by atoms with Crippen molar-refractivity contribution in [2.45, 2.75) is 30.8 Å². The van der Waals surface area contributed by atoms with Crippen molar-refractivity contribution in [2.24, 2.45) is 5.92 Å². The summed E-state index contributed by atoms with van der Waals surface area (Å²) in [5.41, 5.74) is 1.01. The fraction of sp³-hybridized carbons (Fsp3) is 0.321. The van der Waals surface area contributed by atoms with Gasteiger partial charge in [-0.05, 0) is 29.8 Å². The second kappa shape index (κ2) is 11.8. The van der Waals surface area contributed by atoms with E-state index in [-0.39, 0.29) is 41.6 Å². The van der Waals surface area contributed by atoms with Gasteiger partial charge in [0.05, 0.1) is 24.0 Å². The number of thioether (sulfide) groups is 1. The average molecular weight is 611 g/mol. The van der Waals surface area contributed by atoms with Gasteiger partial charge in [0.15, 0.2) is 0 Å². The number of benzene rings is 2. The van der Waals surface area contributed by atoms with E-state index in [1.54, 1.807) is 24.3 Å². The first kappa shape index (κ1) is 29.6. The smallest absolute Gasteiger partial charge is 0.352 e. The van der Waals surface area contributed by atoms with Crippen LogP contribution in [-0.4, -0.2) is 75.5 Å². The monoisotopic (exact) mass is 610 g/mol. The predicted octanol–water partition coefficient (Wildman–Crippen LogP) is 2.00. The van der Waals surface area contributed by atoms with Crippen LogP contribution in [0.2, 0.25) is 0 Å². The molecule has 15 heteroatoms. The summed E-state index contributed by atoms with van der Waals surface area (Å²) in [7, 11) is 1.51. The van der Waals surface area contributed by atoms with Gasteiger partial charge in [0.1, 0.15) is 29.5 Å². The van der Waals surface area contributed by atoms with Crippen LogP contribution in [0.25, 0.3) is 0 Å². The lowest BCUT2D eigenvalue weighted by Gasteiger charge is -2.50. The number of amides is 3. The molecule has 2 unspecified atom stereocenters. The van der Waals surface area contributed by atoms with Gasteiger partial charge in [0.2, 0.25) is 11.8 Å². The van der Waals surface area contributed by atoms with E-state index < -0.39 is 52.1 Å². The third kappa shape index (κ3) is 5.50. The molecule has 0 aliphatic carbocycles. The Morgan fingerprint density at radius 3 is 2.33 bits per heavy atom. The van der Waals surface area contributed by atoms with Gasteiger partial charge in [0, 0.05) is 42.5 Å². The normalized spacial score (nSPS) is 22.7. The molecular formula is C28H26N4O10S. The summed E-state index contributed by atoms with van der Waals surface area (Å²) in [6.07, 6.45) is -0.270. The summed E-state index contributed by atoms with van der Waals surface area (Å²) in [4.78, 5) is 75.8. The number of esters is 1. The van der Waals surface area contributed by atoms with Gasteiger partial charge in [0.25, 0.3) is 11.6 Å². The maximum atomic E-state index is 13.4. The molecule has 2 aromatic carbocycles. The number of nitrogens with one attached hydrogen (secondary N) is 1. The zero-order valence-corrected chi connectivity index (χ0v) is 23.7. The van der Waals surface area contributed by atoms with E-state index in [4.69, 9.17) is 9.47 Å². The lowest BCUT2D eigenvalue weighted by molar-refractivity contribution is -0.384. The first-order valence-corrected chi connectivity index (χ1v) is 14.1. The summed E-state index contributed by atoms with van der Waals surface area (Å²) < 4.78 is 10.1. The van der Waals surface area contributed by atoms with Crippen LogP contribution in [-0.2, 0) is 28.7 Å². The molecule has 3 aliphatic rings. The zero-order chi connectivity index (χ0) is 31.0. The van der Waals surface area contributed by atoms with Crippen molar-refractivity contribution >= 4 is 52.8 Å². The van der Waals surface area contributed by atoms with Crippen molar-refractivity contribution in [1.82, 2.24) is 10.2 Å². The van der Waals surface area contributed by atoms with Gasteiger partial charge in [-0.15, -0.1) is 11.8 Å². The first-order valence-electron chi connectivity index (χ1n) is 13.1. The number of methoxy groups -OCH3 is 1. The predicted molar refractivity (Wildman–Crippen MR) is 151 cm³/mol. The molecule has 2 N–H and O–H groups in total. The number of carbonyl (C=O) groups excluding carboxylic acids is 4. The molecule has 5 rings (SSSR count). The Morgan fingerprint density at radius 2 is 1.74 bits per heavy atom. The molecule has 3 amide bonds. The lowest BCUT2D eigenvalue weighted by Crippen LogP contribution is -2.71. The minimum absolute atomic E-state index is 0.122. The number of β-lactam (4-membered cyclic amide) rings is 2. The molecule has 2 fully saturated rings. The van der Waals surface area contributed by atoms with Crippen LogP contribution in [0.1, 0.15) is 24.9 Å². The second-order valence-electron chi connectivity index (χ2n) is 10.0. The number of non-ortho nitro benzene ring substituents is 1. The van der Waals surface area contributed by atoms with Crippen molar-refractivity contribution in [1.29, 1.82) is 0 Å². The third-order valence-electron chi connectivity index (χ3n) is 7.43. The molecule has 0 spiro atoms. The van der Waals surface area contributed by atoms with Crippen molar-refractivity contribution in [3.05, 3.63) is 75.5 Å². The van der Waals surface area contributed by atoms with E-state index in [1.165, 1.54) is 55.0 Å². The topological polar surface area (TPSA) is 186 Å². The zero-order valence-electron chi connectivity index (χ0n) is 22.9. The molecule has 0 saturated carbocycles. The summed E-state index contributed by atoms with van der Waals surface area (Å²) >= 11 is 1.23. The third-order valence-corrected chi connectivity index (χ3v) is 8.77. The number of ether oxygens (including phenoxy) is 2. The van der Waals surface area contributed by atoms with Crippen LogP contribution in [0, 0.1) is 16.0 Å². The van der Waals surface area contributed by atoms with E-state index >= 15 is 0 Å². The van der Waals surface area contributed by atoms with Crippen LogP contribution < -0.4 is 15.0 Å². The first-order chi connectivity index (χ1) is 20.5. The van der Waals surface area contributed by atoms with Crippen LogP contribution in [0.15, 0.2) is 59.8 Å². The molecule has 3 aliphatic heterocycles. The Balaban J connectivity index is 1.32. The second-order valence-corrected chi connectivity index (χ2v) is 11.1. The number of hydrogen-bond donors (Lipinski definition) is 2. The Kier molecular flexibility index (Phi) is 8.08. The molecule has 0 aromatic heterocycles. The minimum atomic E-state index is -1.35. The highest BCUT2D eigenvalue weighted by Gasteiger charge is 2.55. The van der Waals surface area contributed by atoms with Gasteiger partial charge in [-0.25, -0.2) is 4.79 Å². The SMILES string of the molecule is COc1ccc(N2C(=O)C(CC(=O)N[C@@H]3C(=O)N4C(C(=O)O)=C(COC(C)=O)CS[C@H]34)C2c2ccc([N+](=O)[O-])cc2)cc1. The van der Waals surface area contributed by atoms with Crippen LogP contribution in [0.5, 0.6) is 5.75 Å². The number of nitro groups is 1. The fourth-order valence-electron chi connectivity index (χ4n) is 5.37. The Morgan fingerprint density at radius 1 is 1.07 bits per heavy atom. The number of aliphatic carboxylic acids is 1. The van der Waals surface area contributed by atoms with E-state index in [1.807, 2.05) is 0 Å². The van der Waals surface area contributed by atoms with Gasteiger partial charge in [-0.3, -0.25) is 34.2 Å². The number of fused-ring (bicyclic) bond motifs is 1. The van der Waals surface area contributed by atoms with Crippen molar-refractivity contribution < 1.29 is 43.5 Å². The largest absolute Gasteiger partial charge is 0.497 e. The molecule has 2 aromatic rings. The number of carboxylic acids is 1. The van der Waals surface area contributed by atoms with Gasteiger partial charge < -0.3 is 24.8 Å². The van der Waals surface area contributed by atoms with Gasteiger partial charge in [-0.1, -0.05) is 12.1 Å². The van der Waals surface area contributed by atoms with E-state index in [9.17, 15) is 39.2 Å². The quantitative estimate of drug-likeness (QED) is 0.173. The van der Waals surface area contributed by atoms with Crippen molar-refractivity contribution in [3.63, 3.8) is 0 Å². The van der Waals surface area contributed by atoms with Crippen molar-refractivity contribution in [2.75, 3.05) is 24.4 Å². The van der Waals surface area contributed by atoms with Gasteiger partial charge >= 0.3 is 11.9 Å². The summed E-state index contributed by atoms with van der Waals surface area (Å²) in [5.74, 6) is -3.56. The Labute approximate surface area is 248 Å². The Bertz CT molecular complexity index is 1540. The number of carboxylic acid groups (broad SMARTS) is 1. The van der Waals surface area contributed by atoms with E-state index in [0.717, 1.165) is 4.90 Å². The molecular weight excluding hydrogens is 584 g/mol. The summed E-state index contributed by atoms with van der Waals surface area (Å²) in [6, 6.07) is 10.9. The number of carbonyl (C=O) groups is 5. The van der Waals surface area contributed by atoms with Crippen molar-refractivity contribution in [3.8, 4) is 5.75 Å². The highest BCUT2D eigenvalue weighted by molar-refractivity contribution is 8.00. The van der Waals surface area contributed by atoms with E-state index in [2.05, 4.69) is 5.32 Å². The number of nitrogens with zero attached hydrogens (tertiary/aromatic N) is 3. The number of nitro benzene ring substituents is 1. The minimum Gasteiger partial charge on any atom is -0.497 e. The van der Waals surface area contributed by atoms with Crippen LogP contribution in [0.4, 0.5) is 11.4 Å². The molecule has 0 radical (unpaired) electrons. The average Bonchev–Trinajstić information content (AvgIpc) is 2.99. The van der Waals surface area contributed by atoms with Gasteiger partial charge in [-0.2, -0.15) is 0 Å². The molecule has 4 atom stereocenters. The maximum absolute atomic E-state index is 13.4. The Hall–Kier alpha value is -4.92. The van der Waals surface area contributed by atoms with Crippen LogP contribution >= 0.6 is 11.8 Å². The summed E-state index contributed by atoms with van der Waals surface area (Å²) in [6.45, 7) is 0.922. The number of rotatable bonds is 10. The number of hydrogen-bond acceptors (Lipinski definition) is 10. The molecule has 14 nitrogen and oxygen atoms in total. The molecule has 3 heterocycles. The molecule has 2 saturated heterocycles. The fourth-order valence-corrected chi connectivity index (χ4v) is 6.70. The van der Waals surface area contributed by atoms with Crippen LogP contribution in [0.3, 0.4) is 0 Å². The highest BCUT2D eigenvalue weighted by Crippen LogP contribution is 2.46. The number of anilines is 1. The molecule has 0 bridgehead atoms. The lowest BCUT2D eigenvalue weighted by atomic mass is 9.79. The maximum Gasteiger partial charge on any atom is 0.352 e. The summed E-state index contributed by atoms with van der Waals surface area (Å²) in [5, 5.41) is 22.9. The molecule has 224 valence electrons.